The quantitative estimate of drug-likeness (QED) is 0.196. The van der Waals surface area contributed by atoms with E-state index in [-0.39, 0.29) is 0 Å². The van der Waals surface area contributed by atoms with Crippen LogP contribution in [0.5, 0.6) is 0 Å². The molecular weight excluding hydrogens is 548 g/mol. The molecule has 0 aliphatic rings. The van der Waals surface area contributed by atoms with Crippen LogP contribution in [0.15, 0.2) is 158 Å². The molecule has 0 N–H and O–H groups in total. The monoisotopic (exact) mass is 574 g/mol. The van der Waals surface area contributed by atoms with Crippen molar-refractivity contribution in [1.82, 2.24) is 19.7 Å². The number of pyridine rings is 2. The molecule has 0 saturated heterocycles. The number of hydrogen-bond acceptors (Lipinski definition) is 3. The molecule has 9 aromatic rings. The number of rotatable bonds is 4. The van der Waals surface area contributed by atoms with Crippen LogP contribution in [0.25, 0.3) is 82.4 Å². The zero-order valence-corrected chi connectivity index (χ0v) is 24.3. The van der Waals surface area contributed by atoms with Gasteiger partial charge in [-0.1, -0.05) is 97.1 Å². The van der Waals surface area contributed by atoms with E-state index in [9.17, 15) is 0 Å². The Morgan fingerprint density at radius 1 is 0.444 bits per heavy atom. The van der Waals surface area contributed by atoms with Crippen LogP contribution in [0.2, 0.25) is 0 Å². The molecule has 4 nitrogen and oxygen atoms in total. The smallest absolute Gasteiger partial charge is 0.0933 e. The van der Waals surface area contributed by atoms with Gasteiger partial charge in [0.2, 0.25) is 0 Å². The van der Waals surface area contributed by atoms with Gasteiger partial charge < -0.3 is 0 Å². The van der Waals surface area contributed by atoms with Gasteiger partial charge in [-0.25, -0.2) is 4.68 Å². The Labute approximate surface area is 259 Å². The second-order valence-corrected chi connectivity index (χ2v) is 11.4. The first kappa shape index (κ1) is 25.4. The second-order valence-electron chi connectivity index (χ2n) is 11.4. The highest BCUT2D eigenvalue weighted by Gasteiger charge is 2.17. The average Bonchev–Trinajstić information content (AvgIpc) is 3.54. The van der Waals surface area contributed by atoms with Crippen LogP contribution in [0.1, 0.15) is 0 Å². The molecule has 0 aliphatic carbocycles. The molecule has 0 spiro atoms. The zero-order chi connectivity index (χ0) is 29.7. The van der Waals surface area contributed by atoms with Crippen molar-refractivity contribution in [3.8, 4) is 39.1 Å². The minimum Gasteiger partial charge on any atom is -0.264 e. The minimum absolute atomic E-state index is 0.958. The van der Waals surface area contributed by atoms with Crippen molar-refractivity contribution in [2.45, 2.75) is 0 Å². The Bertz CT molecular complexity index is 2470. The van der Waals surface area contributed by atoms with E-state index in [1.54, 1.807) is 6.20 Å². The summed E-state index contributed by atoms with van der Waals surface area (Å²) in [5.74, 6) is 0. The molecule has 45 heavy (non-hydrogen) atoms. The summed E-state index contributed by atoms with van der Waals surface area (Å²) in [5, 5.41) is 12.1. The predicted octanol–water partition coefficient (Wildman–Crippen LogP) is 10.3. The number of aromatic nitrogens is 4. The van der Waals surface area contributed by atoms with Crippen molar-refractivity contribution in [3.05, 3.63) is 158 Å². The van der Waals surface area contributed by atoms with E-state index in [2.05, 4.69) is 133 Å². The van der Waals surface area contributed by atoms with Crippen LogP contribution in [0.3, 0.4) is 0 Å². The summed E-state index contributed by atoms with van der Waals surface area (Å²) in [5.41, 5.74) is 9.91. The minimum atomic E-state index is 0.958. The number of nitrogens with zero attached hydrogens (tertiary/aromatic N) is 4. The van der Waals surface area contributed by atoms with Crippen LogP contribution in [0.4, 0.5) is 0 Å². The molecule has 4 heteroatoms. The molecule has 9 rings (SSSR count). The van der Waals surface area contributed by atoms with Gasteiger partial charge in [0.05, 0.1) is 16.7 Å². The fourth-order valence-corrected chi connectivity index (χ4v) is 6.60. The van der Waals surface area contributed by atoms with Crippen molar-refractivity contribution in [1.29, 1.82) is 0 Å². The van der Waals surface area contributed by atoms with Crippen molar-refractivity contribution < 1.29 is 0 Å². The highest BCUT2D eigenvalue weighted by molar-refractivity contribution is 6.21. The van der Waals surface area contributed by atoms with Gasteiger partial charge in [-0.3, -0.25) is 9.97 Å². The standard InChI is InChI=1S/C41H26N4/c1-6-14-38-28(8-1)22-32(25-43-38)41-36-12-4-2-10-34(36)40(35-11-3-5-13-37(35)41)29-15-16-31-26-45(44-39(31)23-29)33-19-17-27(18-20-33)30-9-7-21-42-24-30/h1-26H. The summed E-state index contributed by atoms with van der Waals surface area (Å²) in [4.78, 5) is 9.07. The van der Waals surface area contributed by atoms with Crippen molar-refractivity contribution in [2.75, 3.05) is 0 Å². The van der Waals surface area contributed by atoms with Crippen LogP contribution in [-0.2, 0) is 0 Å². The van der Waals surface area contributed by atoms with E-state index in [0.29, 0.717) is 0 Å². The molecule has 0 unspecified atom stereocenters. The van der Waals surface area contributed by atoms with Gasteiger partial charge in [-0.05, 0) is 85.8 Å². The molecule has 0 bridgehead atoms. The lowest BCUT2D eigenvalue weighted by molar-refractivity contribution is 0.897. The molecule has 3 heterocycles. The van der Waals surface area contributed by atoms with Crippen molar-refractivity contribution in [3.63, 3.8) is 0 Å². The lowest BCUT2D eigenvalue weighted by atomic mass is 9.86. The average molecular weight is 575 g/mol. The molecule has 0 aliphatic heterocycles. The highest BCUT2D eigenvalue weighted by atomic mass is 15.3. The molecule has 0 fully saturated rings. The Hall–Kier alpha value is -6.13. The largest absolute Gasteiger partial charge is 0.264 e. The number of fused-ring (bicyclic) bond motifs is 4. The van der Waals surface area contributed by atoms with Gasteiger partial charge in [0, 0.05) is 41.1 Å². The summed E-state index contributed by atoms with van der Waals surface area (Å²) in [6.07, 6.45) is 7.80. The van der Waals surface area contributed by atoms with E-state index >= 15 is 0 Å². The fourth-order valence-electron chi connectivity index (χ4n) is 6.60. The predicted molar refractivity (Wildman–Crippen MR) is 185 cm³/mol. The maximum atomic E-state index is 5.02. The summed E-state index contributed by atoms with van der Waals surface area (Å²) in [7, 11) is 0. The summed E-state index contributed by atoms with van der Waals surface area (Å²) >= 11 is 0. The van der Waals surface area contributed by atoms with Crippen LogP contribution in [0, 0.1) is 0 Å². The van der Waals surface area contributed by atoms with Crippen LogP contribution < -0.4 is 0 Å². The van der Waals surface area contributed by atoms with Gasteiger partial charge >= 0.3 is 0 Å². The molecule has 6 aromatic carbocycles. The van der Waals surface area contributed by atoms with E-state index < -0.39 is 0 Å². The first-order chi connectivity index (χ1) is 22.3. The molecule has 3 aromatic heterocycles. The highest BCUT2D eigenvalue weighted by Crippen LogP contribution is 2.44. The summed E-state index contributed by atoms with van der Waals surface area (Å²) in [6.45, 7) is 0. The Morgan fingerprint density at radius 3 is 1.82 bits per heavy atom. The van der Waals surface area contributed by atoms with Crippen molar-refractivity contribution >= 4 is 43.4 Å². The van der Waals surface area contributed by atoms with Gasteiger partial charge in [0.25, 0.3) is 0 Å². The first-order valence-corrected chi connectivity index (χ1v) is 15.1. The molecule has 0 atom stereocenters. The van der Waals surface area contributed by atoms with E-state index in [1.165, 1.54) is 32.7 Å². The third-order valence-electron chi connectivity index (χ3n) is 8.73. The van der Waals surface area contributed by atoms with Crippen molar-refractivity contribution in [2.24, 2.45) is 0 Å². The Morgan fingerprint density at radius 2 is 1.11 bits per heavy atom. The number of hydrogen-bond donors (Lipinski definition) is 0. The molecular formula is C41H26N4. The normalized spacial score (nSPS) is 11.6. The fraction of sp³-hybridized carbons (Fsp3) is 0. The maximum absolute atomic E-state index is 5.02. The second kappa shape index (κ2) is 10.2. The molecule has 210 valence electrons. The van der Waals surface area contributed by atoms with E-state index in [1.807, 2.05) is 29.2 Å². The molecule has 0 amide bonds. The van der Waals surface area contributed by atoms with Gasteiger partial charge in [0.1, 0.15) is 0 Å². The van der Waals surface area contributed by atoms with Crippen LogP contribution >= 0.6 is 0 Å². The van der Waals surface area contributed by atoms with Gasteiger partial charge in [-0.2, -0.15) is 5.10 Å². The van der Waals surface area contributed by atoms with Gasteiger partial charge in [0.15, 0.2) is 0 Å². The van der Waals surface area contributed by atoms with E-state index in [4.69, 9.17) is 10.1 Å². The molecule has 0 saturated carbocycles. The Balaban J connectivity index is 1.20. The SMILES string of the molecule is c1cncc(-c2ccc(-n3cc4ccc(-c5c6ccccc6c(-c6cnc7ccccc7c6)c6ccccc56)cc4n3)cc2)c1. The van der Waals surface area contributed by atoms with Crippen LogP contribution in [-0.4, -0.2) is 19.7 Å². The summed E-state index contributed by atoms with van der Waals surface area (Å²) in [6, 6.07) is 47.2. The maximum Gasteiger partial charge on any atom is 0.0933 e. The summed E-state index contributed by atoms with van der Waals surface area (Å²) < 4.78 is 1.97. The third-order valence-corrected chi connectivity index (χ3v) is 8.73. The lowest BCUT2D eigenvalue weighted by Crippen LogP contribution is -1.94. The van der Waals surface area contributed by atoms with E-state index in [0.717, 1.165) is 49.7 Å². The topological polar surface area (TPSA) is 43.6 Å². The number of para-hydroxylation sites is 1. The first-order valence-electron chi connectivity index (χ1n) is 15.1. The number of benzene rings is 6. The molecule has 0 radical (unpaired) electrons. The van der Waals surface area contributed by atoms with Gasteiger partial charge in [-0.15, -0.1) is 0 Å². The lowest BCUT2D eigenvalue weighted by Gasteiger charge is -2.17. The zero-order valence-electron chi connectivity index (χ0n) is 24.3. The third kappa shape index (κ3) is 4.27. The Kier molecular flexibility index (Phi) is 5.78.